The molecule has 1 amide bonds. The smallest absolute Gasteiger partial charge is 0.294 e. The highest BCUT2D eigenvalue weighted by atomic mass is 32.2. The van der Waals surface area contributed by atoms with E-state index in [1.165, 1.54) is 48.5 Å². The molecule has 2 heterocycles. The number of fused-ring (bicyclic) bond motifs is 2. The number of allylic oxidation sites excluding steroid dienone is 7. The van der Waals surface area contributed by atoms with Crippen LogP contribution in [-0.4, -0.2) is 120 Å². The first-order chi connectivity index (χ1) is 34.6. The fourth-order valence-electron chi connectivity index (χ4n) is 9.50. The van der Waals surface area contributed by atoms with E-state index < -0.39 is 57.1 Å². The van der Waals surface area contributed by atoms with Gasteiger partial charge in [-0.1, -0.05) is 19.9 Å². The van der Waals surface area contributed by atoms with E-state index in [2.05, 4.69) is 9.89 Å². The van der Waals surface area contributed by atoms with Crippen molar-refractivity contribution in [2.75, 3.05) is 57.2 Å². The number of carbonyl (C=O) groups excluding carboxylic acids is 1. The molecular weight excluding hydrogens is 1040 g/mol. The van der Waals surface area contributed by atoms with Crippen LogP contribution in [0.3, 0.4) is 0 Å². The summed E-state index contributed by atoms with van der Waals surface area (Å²) in [4.78, 5) is 13.6. The van der Waals surface area contributed by atoms with Gasteiger partial charge in [0.15, 0.2) is 5.71 Å². The van der Waals surface area contributed by atoms with E-state index in [0.717, 1.165) is 22.5 Å². The van der Waals surface area contributed by atoms with Gasteiger partial charge in [0.05, 0.1) is 45.7 Å². The topological polar surface area (TPSA) is 281 Å². The molecule has 0 saturated heterocycles. The fourth-order valence-corrected chi connectivity index (χ4v) is 11.6. The SMILES string of the molecule is COCCOCCNC(=O)CCCCC[N+]1=C(/C=C/C2=C(Oc3ccc(S(=O)(=O)O)cc3)C(=C/C=C3/N(CCCCS(=O)(=O)O)c4ccc(S(=O)(=O)O)cc4C3(C)C)/CCC2)C(C)(C)c2cc(S(=O)(=O)O)ccc21. The number of methoxy groups -OCH3 is 1. The number of amides is 1. The van der Waals surface area contributed by atoms with Crippen molar-refractivity contribution in [1.29, 1.82) is 0 Å². The second-order valence-electron chi connectivity index (χ2n) is 19.3. The van der Waals surface area contributed by atoms with Crippen molar-refractivity contribution in [3.63, 3.8) is 0 Å². The van der Waals surface area contributed by atoms with Gasteiger partial charge in [-0.25, -0.2) is 0 Å². The molecule has 6 rings (SSSR count). The summed E-state index contributed by atoms with van der Waals surface area (Å²) >= 11 is 0. The molecule has 0 aromatic heterocycles. The van der Waals surface area contributed by atoms with E-state index in [0.29, 0.717) is 119 Å². The van der Waals surface area contributed by atoms with Crippen LogP contribution >= 0.6 is 0 Å². The second-order valence-corrected chi connectivity index (χ2v) is 25.2. The van der Waals surface area contributed by atoms with Crippen LogP contribution in [0.4, 0.5) is 11.4 Å². The van der Waals surface area contributed by atoms with Gasteiger partial charge in [-0.2, -0.15) is 38.2 Å². The Morgan fingerprint density at radius 2 is 1.36 bits per heavy atom. The number of rotatable bonds is 25. The monoisotopic (exact) mass is 1100 g/mol. The van der Waals surface area contributed by atoms with E-state index >= 15 is 0 Å². The van der Waals surface area contributed by atoms with Crippen molar-refractivity contribution < 1.29 is 75.5 Å². The van der Waals surface area contributed by atoms with Crippen molar-refractivity contribution in [3.8, 4) is 5.75 Å². The fraction of sp³-hybridized carbons (Fsp3) is 0.451. The Labute approximate surface area is 434 Å². The van der Waals surface area contributed by atoms with E-state index in [-0.39, 0.29) is 32.8 Å². The van der Waals surface area contributed by atoms with Gasteiger partial charge >= 0.3 is 0 Å². The van der Waals surface area contributed by atoms with Crippen LogP contribution in [0.1, 0.15) is 96.6 Å². The Morgan fingerprint density at radius 3 is 2.01 bits per heavy atom. The van der Waals surface area contributed by atoms with Gasteiger partial charge in [0.2, 0.25) is 11.6 Å². The van der Waals surface area contributed by atoms with Crippen molar-refractivity contribution in [2.24, 2.45) is 0 Å². The first-order valence-electron chi connectivity index (χ1n) is 24.2. The number of carbonyl (C=O) groups is 1. The average Bonchev–Trinajstić information content (AvgIpc) is 3.66. The summed E-state index contributed by atoms with van der Waals surface area (Å²) < 4.78 is 155. The number of ether oxygens (including phenoxy) is 3. The molecule has 3 aromatic rings. The maximum absolute atomic E-state index is 12.5. The molecule has 5 N–H and O–H groups in total. The first-order valence-corrected chi connectivity index (χ1v) is 30.1. The molecule has 0 fully saturated rings. The van der Waals surface area contributed by atoms with Gasteiger partial charge in [-0.15, -0.1) is 0 Å². The van der Waals surface area contributed by atoms with Gasteiger partial charge in [0.25, 0.3) is 40.5 Å². The summed E-state index contributed by atoms with van der Waals surface area (Å²) in [6, 6.07) is 14.1. The Morgan fingerprint density at radius 1 is 0.716 bits per heavy atom. The van der Waals surface area contributed by atoms with E-state index in [1.54, 1.807) is 19.2 Å². The molecular formula is C51H66N3O16S4+. The molecule has 3 aliphatic rings. The maximum atomic E-state index is 12.5. The minimum Gasteiger partial charge on any atom is -0.457 e. The number of unbranched alkanes of at least 4 members (excludes halogenated alkanes) is 3. The average molecular weight is 1110 g/mol. The molecule has 0 saturated carbocycles. The Bertz CT molecular complexity index is 3210. The summed E-state index contributed by atoms with van der Waals surface area (Å²) in [5.74, 6) is 0.167. The third-order valence-electron chi connectivity index (χ3n) is 13.3. The van der Waals surface area contributed by atoms with Crippen molar-refractivity contribution in [3.05, 3.63) is 119 Å². The number of nitrogens with zero attached hydrogens (tertiary/aromatic N) is 2. The lowest BCUT2D eigenvalue weighted by molar-refractivity contribution is -0.438. The van der Waals surface area contributed by atoms with E-state index in [9.17, 15) is 56.7 Å². The van der Waals surface area contributed by atoms with Gasteiger partial charge in [-0.3, -0.25) is 23.0 Å². The molecule has 74 heavy (non-hydrogen) atoms. The molecule has 19 nitrogen and oxygen atoms in total. The Balaban J connectivity index is 1.40. The molecule has 0 bridgehead atoms. The highest BCUT2D eigenvalue weighted by molar-refractivity contribution is 7.86. The summed E-state index contributed by atoms with van der Waals surface area (Å²) in [6.45, 7) is 10.2. The van der Waals surface area contributed by atoms with Crippen LogP contribution in [0.25, 0.3) is 0 Å². The summed E-state index contributed by atoms with van der Waals surface area (Å²) in [6.07, 6.45) is 12.2. The standard InChI is InChI=1S/C51H65N3O16S4/c1-50(2)42-34-40(73(62,63)64)21-23-44(42)53(28-8-6-7-14-48(55)52-27-30-69-32-31-68-5)46(50)25-15-36-12-11-13-37(49(36)70-38-17-19-39(20-18-38)72(59,60)61)16-26-47-51(3,4)43-35-41(74(65,66)67)22-24-45(43)54(47)29-9-10-33-71(56,57)58/h15-26,34-35H,6-14,27-33H2,1-5H3,(H4-,52,55,56,57,58,59,60,61,62,63,64,65,66,67)/p+1. The number of hydrogen-bond acceptors (Lipinski definition) is 13. The van der Waals surface area contributed by atoms with Crippen LogP contribution in [0.15, 0.2) is 122 Å². The molecule has 0 atom stereocenters. The maximum Gasteiger partial charge on any atom is 0.294 e. The molecule has 0 spiro atoms. The lowest BCUT2D eigenvalue weighted by atomic mass is 9.81. The van der Waals surface area contributed by atoms with Crippen LogP contribution < -0.4 is 15.0 Å². The predicted molar refractivity (Wildman–Crippen MR) is 279 cm³/mol. The van der Waals surface area contributed by atoms with Gasteiger partial charge in [-0.05, 0) is 142 Å². The minimum atomic E-state index is -4.57. The highest BCUT2D eigenvalue weighted by Gasteiger charge is 2.45. The zero-order valence-electron chi connectivity index (χ0n) is 42.1. The molecule has 0 unspecified atom stereocenters. The molecule has 0 radical (unpaired) electrons. The Kier molecular flexibility index (Phi) is 18.8. The number of nitrogens with one attached hydrogen (secondary N) is 1. The summed E-state index contributed by atoms with van der Waals surface area (Å²) in [7, 11) is -16.3. The van der Waals surface area contributed by atoms with Crippen LogP contribution in [-0.2, 0) is 65.6 Å². The highest BCUT2D eigenvalue weighted by Crippen LogP contribution is 2.49. The zero-order chi connectivity index (χ0) is 54.3. The van der Waals surface area contributed by atoms with Crippen molar-refractivity contribution in [2.45, 2.75) is 111 Å². The largest absolute Gasteiger partial charge is 0.457 e. The molecule has 404 valence electrons. The minimum absolute atomic E-state index is 0.0870. The third kappa shape index (κ3) is 14.6. The lowest BCUT2D eigenvalue weighted by Crippen LogP contribution is -2.28. The first kappa shape index (κ1) is 58.2. The van der Waals surface area contributed by atoms with Gasteiger partial charge in [0.1, 0.15) is 18.1 Å². The van der Waals surface area contributed by atoms with E-state index in [4.69, 9.17) is 14.2 Å². The number of hydrogen-bond donors (Lipinski definition) is 5. The molecule has 2 aliphatic heterocycles. The zero-order valence-corrected chi connectivity index (χ0v) is 45.4. The number of anilines is 1. The van der Waals surface area contributed by atoms with E-state index in [1.807, 2.05) is 56.9 Å². The Hall–Kier alpha value is -5.08. The third-order valence-corrected chi connectivity index (χ3v) is 16.7. The van der Waals surface area contributed by atoms with Gasteiger partial charge < -0.3 is 24.4 Å². The summed E-state index contributed by atoms with van der Waals surface area (Å²) in [5, 5.41) is 2.86. The predicted octanol–water partition coefficient (Wildman–Crippen LogP) is 7.49. The molecule has 23 heteroatoms. The molecule has 1 aliphatic carbocycles. The normalized spacial score (nSPS) is 17.9. The van der Waals surface area contributed by atoms with Crippen LogP contribution in [0.2, 0.25) is 0 Å². The van der Waals surface area contributed by atoms with Gasteiger partial charge in [0, 0.05) is 67.5 Å². The van der Waals surface area contributed by atoms with Crippen molar-refractivity contribution >= 4 is 63.5 Å². The quantitative estimate of drug-likeness (QED) is 0.0312. The van der Waals surface area contributed by atoms with Crippen LogP contribution in [0.5, 0.6) is 5.75 Å². The summed E-state index contributed by atoms with van der Waals surface area (Å²) in [5.41, 5.74) is 4.03. The van der Waals surface area contributed by atoms with Crippen LogP contribution in [0, 0.1) is 0 Å². The number of benzene rings is 3. The second kappa shape index (κ2) is 23.9. The lowest BCUT2D eigenvalue weighted by Gasteiger charge is -2.27. The molecule has 3 aromatic carbocycles. The van der Waals surface area contributed by atoms with Crippen molar-refractivity contribution in [1.82, 2.24) is 5.32 Å².